The molecule has 0 aromatic heterocycles. The second-order valence-corrected chi connectivity index (χ2v) is 3.18. The van der Waals surface area contributed by atoms with Gasteiger partial charge in [0.2, 0.25) is 0 Å². The van der Waals surface area contributed by atoms with E-state index >= 15 is 0 Å². The van der Waals surface area contributed by atoms with Crippen molar-refractivity contribution in [3.8, 4) is 17.2 Å². The van der Waals surface area contributed by atoms with Gasteiger partial charge in [-0.1, -0.05) is 0 Å². The van der Waals surface area contributed by atoms with E-state index in [0.29, 0.717) is 11.3 Å². The van der Waals surface area contributed by atoms with Crippen molar-refractivity contribution in [3.05, 3.63) is 24.1 Å². The van der Waals surface area contributed by atoms with Gasteiger partial charge >= 0.3 is 5.97 Å². The molecule has 0 bridgehead atoms. The number of rotatable bonds is 5. The summed E-state index contributed by atoms with van der Waals surface area (Å²) < 4.78 is 15.2. The molecule has 2 radical (unpaired) electrons. The van der Waals surface area contributed by atoms with E-state index in [-0.39, 0.29) is 23.5 Å². The monoisotopic (exact) mass is 238 g/mol. The average molecular weight is 238 g/mol. The molecule has 0 saturated carbocycles. The summed E-state index contributed by atoms with van der Waals surface area (Å²) in [5.41, 5.74) is 0.435. The average Bonchev–Trinajstić information content (AvgIpc) is 2.35. The molecule has 1 N–H and O–H groups in total. The van der Waals surface area contributed by atoms with E-state index in [2.05, 4.69) is 0 Å². The lowest BCUT2D eigenvalue weighted by molar-refractivity contribution is 0.0689. The highest BCUT2D eigenvalue weighted by atomic mass is 16.5. The maximum atomic E-state index is 11.2. The van der Waals surface area contributed by atoms with Gasteiger partial charge in [0.25, 0.3) is 0 Å². The first-order chi connectivity index (χ1) is 8.10. The standard InChI is InChI=1S/C12H14O5/c1-5-7-8(15-2)6-9(16-3)10(12(13)14)11(7)17-4/h1,6H,5H2,2-4H3,(H,13,14). The molecule has 0 saturated heterocycles. The van der Waals surface area contributed by atoms with Crippen molar-refractivity contribution in [2.75, 3.05) is 21.3 Å². The Balaban J connectivity index is 3.61. The van der Waals surface area contributed by atoms with Gasteiger partial charge in [0.05, 0.1) is 21.3 Å². The molecule has 0 aliphatic rings. The van der Waals surface area contributed by atoms with E-state index in [0.717, 1.165) is 0 Å². The Kier molecular flexibility index (Phi) is 4.20. The third kappa shape index (κ3) is 2.27. The Bertz CT molecular complexity index is 425. The number of methoxy groups -OCH3 is 3. The minimum Gasteiger partial charge on any atom is -0.496 e. The lowest BCUT2D eigenvalue weighted by Crippen LogP contribution is -2.07. The Hall–Kier alpha value is -1.91. The van der Waals surface area contributed by atoms with Gasteiger partial charge in [-0.2, -0.15) is 0 Å². The second kappa shape index (κ2) is 5.43. The van der Waals surface area contributed by atoms with E-state index in [1.54, 1.807) is 0 Å². The zero-order valence-electron chi connectivity index (χ0n) is 9.94. The third-order valence-corrected chi connectivity index (χ3v) is 2.37. The zero-order valence-corrected chi connectivity index (χ0v) is 9.94. The van der Waals surface area contributed by atoms with Crippen LogP contribution in [0.4, 0.5) is 0 Å². The van der Waals surface area contributed by atoms with Gasteiger partial charge in [-0.3, -0.25) is 0 Å². The van der Waals surface area contributed by atoms with Gasteiger partial charge in [0, 0.05) is 11.6 Å². The largest absolute Gasteiger partial charge is 0.496 e. The summed E-state index contributed by atoms with van der Waals surface area (Å²) in [5, 5.41) is 9.15. The van der Waals surface area contributed by atoms with Crippen LogP contribution in [0.2, 0.25) is 0 Å². The third-order valence-electron chi connectivity index (χ3n) is 2.37. The van der Waals surface area contributed by atoms with Crippen LogP contribution in [-0.2, 0) is 6.42 Å². The van der Waals surface area contributed by atoms with E-state index in [9.17, 15) is 4.79 Å². The first kappa shape index (κ1) is 13.2. The van der Waals surface area contributed by atoms with Gasteiger partial charge in [0.15, 0.2) is 0 Å². The van der Waals surface area contributed by atoms with Crippen molar-refractivity contribution in [1.82, 2.24) is 0 Å². The van der Waals surface area contributed by atoms with Crippen molar-refractivity contribution in [2.24, 2.45) is 0 Å². The highest BCUT2D eigenvalue weighted by molar-refractivity contribution is 5.95. The molecular weight excluding hydrogens is 224 g/mol. The molecule has 0 aliphatic heterocycles. The van der Waals surface area contributed by atoms with Crippen molar-refractivity contribution in [1.29, 1.82) is 0 Å². The predicted octanol–water partition coefficient (Wildman–Crippen LogP) is 1.66. The lowest BCUT2D eigenvalue weighted by Gasteiger charge is -2.16. The number of carboxylic acid groups (broad SMARTS) is 1. The molecule has 1 aromatic carbocycles. The van der Waals surface area contributed by atoms with E-state index in [1.807, 2.05) is 0 Å². The summed E-state index contributed by atoms with van der Waals surface area (Å²) in [7, 11) is 4.22. The molecule has 5 heteroatoms. The van der Waals surface area contributed by atoms with Crippen LogP contribution in [0.25, 0.3) is 0 Å². The minimum absolute atomic E-state index is 0.0590. The summed E-state index contributed by atoms with van der Waals surface area (Å²) in [6, 6.07) is 1.48. The fourth-order valence-corrected chi connectivity index (χ4v) is 1.62. The van der Waals surface area contributed by atoms with Crippen molar-refractivity contribution < 1.29 is 24.1 Å². The maximum absolute atomic E-state index is 11.2. The van der Waals surface area contributed by atoms with Gasteiger partial charge in [-0.25, -0.2) is 4.79 Å². The fourth-order valence-electron chi connectivity index (χ4n) is 1.62. The molecule has 0 aliphatic carbocycles. The van der Waals surface area contributed by atoms with E-state index in [4.69, 9.17) is 26.2 Å². The van der Waals surface area contributed by atoms with Gasteiger partial charge < -0.3 is 19.3 Å². The van der Waals surface area contributed by atoms with Gasteiger partial charge in [-0.05, 0) is 13.3 Å². The van der Waals surface area contributed by atoms with Crippen LogP contribution in [0.1, 0.15) is 15.9 Å². The van der Waals surface area contributed by atoms with Crippen LogP contribution in [-0.4, -0.2) is 32.4 Å². The molecule has 1 rings (SSSR count). The fraction of sp³-hybridized carbons (Fsp3) is 0.333. The summed E-state index contributed by atoms with van der Waals surface area (Å²) in [6.45, 7) is 5.57. The van der Waals surface area contributed by atoms with E-state index < -0.39 is 5.97 Å². The minimum atomic E-state index is -1.14. The number of carboxylic acids is 1. The molecule has 17 heavy (non-hydrogen) atoms. The highest BCUT2D eigenvalue weighted by Crippen LogP contribution is 2.39. The normalized spacial score (nSPS) is 9.88. The molecule has 0 spiro atoms. The van der Waals surface area contributed by atoms with Crippen molar-refractivity contribution in [2.45, 2.75) is 6.42 Å². The second-order valence-electron chi connectivity index (χ2n) is 3.18. The molecular formula is C12H14O5. The molecule has 1 aromatic rings. The molecule has 0 fully saturated rings. The highest BCUT2D eigenvalue weighted by Gasteiger charge is 2.24. The topological polar surface area (TPSA) is 65.0 Å². The van der Waals surface area contributed by atoms with Crippen LogP contribution in [0.15, 0.2) is 6.07 Å². The molecule has 0 heterocycles. The first-order valence-corrected chi connectivity index (χ1v) is 4.85. The number of carbonyl (C=O) groups is 1. The van der Waals surface area contributed by atoms with Crippen LogP contribution < -0.4 is 14.2 Å². The summed E-state index contributed by atoms with van der Waals surface area (Å²) in [6.07, 6.45) is 0.108. The molecule has 0 amide bonds. The van der Waals surface area contributed by atoms with E-state index in [1.165, 1.54) is 27.4 Å². The SMILES string of the molecule is [CH]Cc1c(OC)cc(OC)c(C(=O)O)c1OC. The quantitative estimate of drug-likeness (QED) is 0.845. The Morgan fingerprint density at radius 1 is 1.24 bits per heavy atom. The zero-order chi connectivity index (χ0) is 13.0. The van der Waals surface area contributed by atoms with Crippen LogP contribution in [0.3, 0.4) is 0 Å². The molecule has 5 nitrogen and oxygen atoms in total. The Labute approximate surface area is 99.9 Å². The van der Waals surface area contributed by atoms with Crippen LogP contribution in [0.5, 0.6) is 17.2 Å². The number of hydrogen-bond acceptors (Lipinski definition) is 4. The van der Waals surface area contributed by atoms with Gasteiger partial charge in [-0.15, -0.1) is 0 Å². The number of ether oxygens (including phenoxy) is 3. The summed E-state index contributed by atoms with van der Waals surface area (Å²) in [5.74, 6) is -0.373. The smallest absolute Gasteiger partial charge is 0.343 e. The van der Waals surface area contributed by atoms with Crippen LogP contribution >= 0.6 is 0 Å². The lowest BCUT2D eigenvalue weighted by atomic mass is 10.0. The number of benzene rings is 1. The summed E-state index contributed by atoms with van der Waals surface area (Å²) in [4.78, 5) is 11.2. The molecule has 0 atom stereocenters. The summed E-state index contributed by atoms with van der Waals surface area (Å²) >= 11 is 0. The number of aromatic carboxylic acids is 1. The van der Waals surface area contributed by atoms with Gasteiger partial charge in [0.1, 0.15) is 22.8 Å². The Morgan fingerprint density at radius 3 is 2.18 bits per heavy atom. The maximum Gasteiger partial charge on any atom is 0.343 e. The Morgan fingerprint density at radius 2 is 1.82 bits per heavy atom. The van der Waals surface area contributed by atoms with Crippen LogP contribution in [0, 0.1) is 6.92 Å². The number of hydrogen-bond donors (Lipinski definition) is 1. The first-order valence-electron chi connectivity index (χ1n) is 4.85. The van der Waals surface area contributed by atoms with Crippen molar-refractivity contribution in [3.63, 3.8) is 0 Å². The van der Waals surface area contributed by atoms with Crippen molar-refractivity contribution >= 4 is 5.97 Å². The molecule has 92 valence electrons. The predicted molar refractivity (Wildman–Crippen MR) is 61.1 cm³/mol. The molecule has 0 unspecified atom stereocenters.